The van der Waals surface area contributed by atoms with Crippen molar-refractivity contribution in [1.82, 2.24) is 4.37 Å². The first-order chi connectivity index (χ1) is 14.8. The molecular weight excluding hydrogens is 490 g/mol. The summed E-state index contributed by atoms with van der Waals surface area (Å²) in [6.07, 6.45) is -0.308. The van der Waals surface area contributed by atoms with E-state index >= 15 is 0 Å². The molecule has 0 saturated heterocycles. The van der Waals surface area contributed by atoms with Crippen LogP contribution in [-0.2, 0) is 35.0 Å². The van der Waals surface area contributed by atoms with Crippen molar-refractivity contribution in [2.45, 2.75) is 27.2 Å². The molecule has 2 aromatic rings. The van der Waals surface area contributed by atoms with E-state index < -0.39 is 23.3 Å². The van der Waals surface area contributed by atoms with E-state index in [1.165, 1.54) is 0 Å². The van der Waals surface area contributed by atoms with Gasteiger partial charge in [-0.1, -0.05) is 0 Å². The van der Waals surface area contributed by atoms with Gasteiger partial charge >= 0.3 is 17.9 Å². The fourth-order valence-corrected chi connectivity index (χ4v) is 4.47. The molecule has 0 saturated carbocycles. The summed E-state index contributed by atoms with van der Waals surface area (Å²) < 4.78 is 25.4. The van der Waals surface area contributed by atoms with E-state index in [0.717, 1.165) is 17.1 Å². The van der Waals surface area contributed by atoms with Gasteiger partial charge < -0.3 is 18.9 Å². The number of hydrogen-bond donors (Lipinski definition) is 0. The number of carbonyl (C=O) groups is 3. The van der Waals surface area contributed by atoms with Gasteiger partial charge in [-0.05, 0) is 72.5 Å². The standard InChI is InChI=1S/C21H24BrNO7S/c1-5-28-18(24)21(19(25)29-6-2,20(26)30-7-3)12-15-16(22)17(23-31-15)13-8-10-14(27-4)11-9-13/h8-11H,5-7,12H2,1-4H3. The maximum absolute atomic E-state index is 12.9. The molecule has 0 fully saturated rings. The van der Waals surface area contributed by atoms with Gasteiger partial charge in [0.1, 0.15) is 5.75 Å². The molecule has 0 spiro atoms. The number of carbonyl (C=O) groups excluding carboxylic acids is 3. The third-order valence-electron chi connectivity index (χ3n) is 4.36. The second-order valence-corrected chi connectivity index (χ2v) is 7.89. The summed E-state index contributed by atoms with van der Waals surface area (Å²) in [7, 11) is 1.58. The quantitative estimate of drug-likeness (QED) is 0.268. The third kappa shape index (κ3) is 5.24. The zero-order valence-electron chi connectivity index (χ0n) is 17.7. The van der Waals surface area contributed by atoms with Gasteiger partial charge in [0.25, 0.3) is 5.41 Å². The lowest BCUT2D eigenvalue weighted by Gasteiger charge is -2.26. The second-order valence-electron chi connectivity index (χ2n) is 6.24. The fourth-order valence-electron chi connectivity index (χ4n) is 2.82. The predicted molar refractivity (Wildman–Crippen MR) is 118 cm³/mol. The Bertz CT molecular complexity index is 881. The minimum atomic E-state index is -2.28. The maximum atomic E-state index is 12.9. The minimum Gasteiger partial charge on any atom is -0.497 e. The van der Waals surface area contributed by atoms with Gasteiger partial charge in [0.05, 0.1) is 37.1 Å². The fraction of sp³-hybridized carbons (Fsp3) is 0.429. The van der Waals surface area contributed by atoms with Crippen LogP contribution in [0.4, 0.5) is 0 Å². The largest absolute Gasteiger partial charge is 0.497 e. The topological polar surface area (TPSA) is 101 Å². The average Bonchev–Trinajstić information content (AvgIpc) is 3.12. The van der Waals surface area contributed by atoms with Crippen molar-refractivity contribution < 1.29 is 33.3 Å². The molecule has 0 atom stereocenters. The molecule has 0 aliphatic rings. The first kappa shape index (κ1) is 24.8. The average molecular weight is 514 g/mol. The van der Waals surface area contributed by atoms with Crippen LogP contribution in [0.2, 0.25) is 0 Å². The van der Waals surface area contributed by atoms with E-state index in [1.54, 1.807) is 40.0 Å². The monoisotopic (exact) mass is 513 g/mol. The second kappa shape index (κ2) is 11.2. The molecule has 0 aliphatic heterocycles. The lowest BCUT2D eigenvalue weighted by atomic mass is 9.83. The molecule has 0 N–H and O–H groups in total. The number of halogens is 1. The predicted octanol–water partition coefficient (Wildman–Crippen LogP) is 3.80. The summed E-state index contributed by atoms with van der Waals surface area (Å²) in [5, 5.41) is 0. The molecule has 0 unspecified atom stereocenters. The van der Waals surface area contributed by atoms with Crippen LogP contribution >= 0.6 is 27.5 Å². The van der Waals surface area contributed by atoms with E-state index in [9.17, 15) is 14.4 Å². The first-order valence-electron chi connectivity index (χ1n) is 9.65. The Kier molecular flexibility index (Phi) is 9.00. The molecule has 0 aliphatic carbocycles. The van der Waals surface area contributed by atoms with Crippen LogP contribution in [0.1, 0.15) is 25.6 Å². The molecule has 31 heavy (non-hydrogen) atoms. The summed E-state index contributed by atoms with van der Waals surface area (Å²) in [5.74, 6) is -2.35. The van der Waals surface area contributed by atoms with Crippen LogP contribution in [0.25, 0.3) is 11.3 Å². The molecule has 1 heterocycles. The van der Waals surface area contributed by atoms with E-state index in [-0.39, 0.29) is 26.2 Å². The Morgan fingerprint density at radius 1 is 0.935 bits per heavy atom. The Labute approximate surface area is 193 Å². The molecular formula is C21H24BrNO7S. The van der Waals surface area contributed by atoms with Crippen LogP contribution in [0.3, 0.4) is 0 Å². The van der Waals surface area contributed by atoms with Crippen molar-refractivity contribution >= 4 is 45.4 Å². The summed E-state index contributed by atoms with van der Waals surface area (Å²) in [6, 6.07) is 7.25. The van der Waals surface area contributed by atoms with Crippen molar-refractivity contribution in [3.05, 3.63) is 33.6 Å². The number of ether oxygens (including phenoxy) is 4. The van der Waals surface area contributed by atoms with Gasteiger partial charge in [-0.3, -0.25) is 14.4 Å². The minimum absolute atomic E-state index is 0.0135. The molecule has 0 bridgehead atoms. The van der Waals surface area contributed by atoms with Crippen molar-refractivity contribution in [3.63, 3.8) is 0 Å². The van der Waals surface area contributed by atoms with E-state index in [4.69, 9.17) is 18.9 Å². The zero-order chi connectivity index (χ0) is 23.0. The molecule has 1 aromatic heterocycles. The van der Waals surface area contributed by atoms with Gasteiger partial charge in [-0.25, -0.2) is 0 Å². The van der Waals surface area contributed by atoms with Crippen LogP contribution in [-0.4, -0.2) is 49.2 Å². The number of rotatable bonds is 10. The van der Waals surface area contributed by atoms with Crippen LogP contribution in [0.15, 0.2) is 28.7 Å². The van der Waals surface area contributed by atoms with Gasteiger partial charge in [0, 0.05) is 16.9 Å². The van der Waals surface area contributed by atoms with Crippen LogP contribution < -0.4 is 4.74 Å². The Hall–Kier alpha value is -2.46. The normalized spacial score (nSPS) is 11.0. The number of benzene rings is 1. The molecule has 0 amide bonds. The highest BCUT2D eigenvalue weighted by atomic mass is 79.9. The van der Waals surface area contributed by atoms with Gasteiger partial charge in [0.2, 0.25) is 0 Å². The molecule has 8 nitrogen and oxygen atoms in total. The highest BCUT2D eigenvalue weighted by molar-refractivity contribution is 9.10. The molecule has 0 radical (unpaired) electrons. The summed E-state index contributed by atoms with van der Waals surface area (Å²) in [6.45, 7) is 4.72. The van der Waals surface area contributed by atoms with Crippen LogP contribution in [0, 0.1) is 5.41 Å². The number of methoxy groups -OCH3 is 1. The van der Waals surface area contributed by atoms with E-state index in [2.05, 4.69) is 20.3 Å². The SMILES string of the molecule is CCOC(=O)C(Cc1snc(-c2ccc(OC)cc2)c1Br)(C(=O)OCC)C(=O)OCC. The van der Waals surface area contributed by atoms with Crippen molar-refractivity contribution in [1.29, 1.82) is 0 Å². The Balaban J connectivity index is 2.52. The number of nitrogens with zero attached hydrogens (tertiary/aromatic N) is 1. The molecule has 1 aromatic carbocycles. The van der Waals surface area contributed by atoms with Crippen LogP contribution in [0.5, 0.6) is 5.75 Å². The number of esters is 3. The van der Waals surface area contributed by atoms with Crippen molar-refractivity contribution in [2.24, 2.45) is 5.41 Å². The van der Waals surface area contributed by atoms with E-state index in [1.807, 2.05) is 12.1 Å². The zero-order valence-corrected chi connectivity index (χ0v) is 20.1. The van der Waals surface area contributed by atoms with Gasteiger partial charge in [-0.2, -0.15) is 4.37 Å². The highest BCUT2D eigenvalue weighted by Crippen LogP contribution is 2.39. The number of aromatic nitrogens is 1. The van der Waals surface area contributed by atoms with Crippen molar-refractivity contribution in [3.8, 4) is 17.0 Å². The Morgan fingerprint density at radius 3 is 1.84 bits per heavy atom. The molecule has 10 heteroatoms. The molecule has 2 rings (SSSR count). The van der Waals surface area contributed by atoms with E-state index in [0.29, 0.717) is 20.8 Å². The summed E-state index contributed by atoms with van der Waals surface area (Å²) in [5.41, 5.74) is -0.883. The lowest BCUT2D eigenvalue weighted by Crippen LogP contribution is -2.51. The Morgan fingerprint density at radius 2 is 1.42 bits per heavy atom. The summed E-state index contributed by atoms with van der Waals surface area (Å²) >= 11 is 4.56. The lowest BCUT2D eigenvalue weighted by molar-refractivity contribution is -0.183. The maximum Gasteiger partial charge on any atom is 0.335 e. The molecule has 168 valence electrons. The van der Waals surface area contributed by atoms with Gasteiger partial charge in [-0.15, -0.1) is 0 Å². The highest BCUT2D eigenvalue weighted by Gasteiger charge is 2.58. The summed E-state index contributed by atoms with van der Waals surface area (Å²) in [4.78, 5) is 39.2. The smallest absolute Gasteiger partial charge is 0.335 e. The first-order valence-corrected chi connectivity index (χ1v) is 11.2. The number of hydrogen-bond acceptors (Lipinski definition) is 9. The third-order valence-corrected chi connectivity index (χ3v) is 6.32. The van der Waals surface area contributed by atoms with Gasteiger partial charge in [0.15, 0.2) is 0 Å². The van der Waals surface area contributed by atoms with Crippen molar-refractivity contribution in [2.75, 3.05) is 26.9 Å².